The van der Waals surface area contributed by atoms with Gasteiger partial charge in [0.2, 0.25) is 5.91 Å². The summed E-state index contributed by atoms with van der Waals surface area (Å²) in [5.74, 6) is -0.575. The Hall–Kier alpha value is -1.12. The maximum atomic E-state index is 12.7. The number of rotatable bonds is 3. The van der Waals surface area contributed by atoms with E-state index in [1.165, 1.54) is 31.2 Å². The van der Waals surface area contributed by atoms with Gasteiger partial charge in [0, 0.05) is 15.5 Å². The first-order valence-corrected chi connectivity index (χ1v) is 8.79. The maximum Gasteiger partial charge on any atom is 0.270 e. The fraction of sp³-hybridized carbons (Fsp3) is 0.0714. The molecule has 0 N–H and O–H groups in total. The third-order valence-electron chi connectivity index (χ3n) is 2.71. The van der Waals surface area contributed by atoms with Gasteiger partial charge >= 0.3 is 0 Å². The second kappa shape index (κ2) is 6.33. The van der Waals surface area contributed by atoms with Gasteiger partial charge < -0.3 is 0 Å². The SMILES string of the molecule is CC(=O)N(c1ccccc1I)S(=O)(=O)c1ccc(Cl)cc1. The van der Waals surface area contributed by atoms with E-state index in [1.54, 1.807) is 24.3 Å². The Kier molecular flexibility index (Phi) is 4.90. The van der Waals surface area contributed by atoms with Gasteiger partial charge in [0.25, 0.3) is 10.0 Å². The van der Waals surface area contributed by atoms with E-state index in [0.717, 1.165) is 4.31 Å². The first kappa shape index (κ1) is 16.3. The number of benzene rings is 2. The largest absolute Gasteiger partial charge is 0.274 e. The van der Waals surface area contributed by atoms with Crippen LogP contribution in [0.1, 0.15) is 6.92 Å². The minimum Gasteiger partial charge on any atom is -0.274 e. The van der Waals surface area contributed by atoms with Crippen LogP contribution in [-0.2, 0) is 14.8 Å². The summed E-state index contributed by atoms with van der Waals surface area (Å²) in [4.78, 5) is 11.9. The van der Waals surface area contributed by atoms with Gasteiger partial charge in [-0.3, -0.25) is 4.79 Å². The Morgan fingerprint density at radius 1 is 1.10 bits per heavy atom. The second-order valence-corrected chi connectivity index (χ2v) is 7.58. The number of hydrogen-bond donors (Lipinski definition) is 0. The van der Waals surface area contributed by atoms with Gasteiger partial charge in [-0.25, -0.2) is 12.7 Å². The van der Waals surface area contributed by atoms with Crippen LogP contribution < -0.4 is 4.31 Å². The molecule has 0 aromatic heterocycles. The molecular weight excluding hydrogens is 425 g/mol. The lowest BCUT2D eigenvalue weighted by Crippen LogP contribution is -2.35. The fourth-order valence-electron chi connectivity index (χ4n) is 1.80. The lowest BCUT2D eigenvalue weighted by molar-refractivity contribution is -0.115. The number of halogens is 2. The topological polar surface area (TPSA) is 54.5 Å². The van der Waals surface area contributed by atoms with Crippen molar-refractivity contribution >= 4 is 55.8 Å². The second-order valence-electron chi connectivity index (χ2n) is 4.19. The van der Waals surface area contributed by atoms with Gasteiger partial charge in [-0.05, 0) is 59.0 Å². The molecule has 7 heteroatoms. The van der Waals surface area contributed by atoms with E-state index in [4.69, 9.17) is 11.6 Å². The number of amides is 1. The molecule has 0 aliphatic heterocycles. The predicted octanol–water partition coefficient (Wildman–Crippen LogP) is 3.69. The minimum atomic E-state index is -3.97. The van der Waals surface area contributed by atoms with Crippen molar-refractivity contribution in [2.75, 3.05) is 4.31 Å². The van der Waals surface area contributed by atoms with Crippen LogP contribution >= 0.6 is 34.2 Å². The lowest BCUT2D eigenvalue weighted by atomic mass is 10.3. The van der Waals surface area contributed by atoms with Crippen molar-refractivity contribution in [1.82, 2.24) is 0 Å². The number of carbonyl (C=O) groups excluding carboxylic acids is 1. The van der Waals surface area contributed by atoms with E-state index < -0.39 is 15.9 Å². The van der Waals surface area contributed by atoms with Crippen molar-refractivity contribution in [3.63, 3.8) is 0 Å². The number of hydrogen-bond acceptors (Lipinski definition) is 3. The van der Waals surface area contributed by atoms with Gasteiger partial charge in [0.15, 0.2) is 0 Å². The predicted molar refractivity (Wildman–Crippen MR) is 91.0 cm³/mol. The summed E-state index contributed by atoms with van der Waals surface area (Å²) in [7, 11) is -3.97. The first-order valence-electron chi connectivity index (χ1n) is 5.90. The molecule has 0 saturated carbocycles. The van der Waals surface area contributed by atoms with Gasteiger partial charge in [-0.1, -0.05) is 23.7 Å². The molecular formula is C14H11ClINO3S. The minimum absolute atomic E-state index is 0.0155. The van der Waals surface area contributed by atoms with Crippen LogP contribution in [0.3, 0.4) is 0 Å². The standard InChI is InChI=1S/C14H11ClINO3S/c1-10(18)17(14-5-3-2-4-13(14)16)21(19,20)12-8-6-11(15)7-9-12/h2-9H,1H3. The maximum absolute atomic E-state index is 12.7. The van der Waals surface area contributed by atoms with Crippen LogP contribution in [0.25, 0.3) is 0 Å². The Labute approximate surface area is 141 Å². The van der Waals surface area contributed by atoms with E-state index in [9.17, 15) is 13.2 Å². The molecule has 0 bridgehead atoms. The molecule has 4 nitrogen and oxygen atoms in total. The zero-order valence-electron chi connectivity index (χ0n) is 11.0. The highest BCUT2D eigenvalue weighted by Gasteiger charge is 2.29. The third-order valence-corrected chi connectivity index (χ3v) is 5.68. The van der Waals surface area contributed by atoms with Crippen LogP contribution in [0.15, 0.2) is 53.4 Å². The highest BCUT2D eigenvalue weighted by molar-refractivity contribution is 14.1. The van der Waals surface area contributed by atoms with E-state index in [-0.39, 0.29) is 4.90 Å². The molecule has 1 amide bonds. The lowest BCUT2D eigenvalue weighted by Gasteiger charge is -2.22. The Morgan fingerprint density at radius 2 is 1.67 bits per heavy atom. The molecule has 0 atom stereocenters. The van der Waals surface area contributed by atoms with Crippen LogP contribution in [0.4, 0.5) is 5.69 Å². The van der Waals surface area contributed by atoms with Gasteiger partial charge in [-0.2, -0.15) is 0 Å². The summed E-state index contributed by atoms with van der Waals surface area (Å²) in [5.41, 5.74) is 0.334. The van der Waals surface area contributed by atoms with Crippen molar-refractivity contribution in [3.05, 3.63) is 57.1 Å². The molecule has 0 unspecified atom stereocenters. The van der Waals surface area contributed by atoms with Crippen molar-refractivity contribution in [3.8, 4) is 0 Å². The normalized spacial score (nSPS) is 11.2. The molecule has 110 valence electrons. The van der Waals surface area contributed by atoms with E-state index in [0.29, 0.717) is 14.3 Å². The summed E-state index contributed by atoms with van der Waals surface area (Å²) in [6.45, 7) is 1.22. The third kappa shape index (κ3) is 3.38. The molecule has 21 heavy (non-hydrogen) atoms. The number of para-hydroxylation sites is 1. The Balaban J connectivity index is 2.60. The number of nitrogens with zero attached hydrogens (tertiary/aromatic N) is 1. The van der Waals surface area contributed by atoms with Crippen LogP contribution in [-0.4, -0.2) is 14.3 Å². The molecule has 0 aliphatic carbocycles. The molecule has 0 radical (unpaired) electrons. The number of sulfonamides is 1. The molecule has 0 heterocycles. The summed E-state index contributed by atoms with van der Waals surface area (Å²) in [6, 6.07) is 12.5. The number of carbonyl (C=O) groups is 1. The summed E-state index contributed by atoms with van der Waals surface area (Å²) >= 11 is 7.76. The first-order chi connectivity index (χ1) is 9.84. The van der Waals surface area contributed by atoms with E-state index in [1.807, 2.05) is 22.6 Å². The quantitative estimate of drug-likeness (QED) is 0.691. The highest BCUT2D eigenvalue weighted by atomic mass is 127. The van der Waals surface area contributed by atoms with Crippen molar-refractivity contribution in [1.29, 1.82) is 0 Å². The summed E-state index contributed by atoms with van der Waals surface area (Å²) in [6.07, 6.45) is 0. The van der Waals surface area contributed by atoms with Crippen molar-refractivity contribution < 1.29 is 13.2 Å². The van der Waals surface area contributed by atoms with Crippen molar-refractivity contribution in [2.45, 2.75) is 11.8 Å². The molecule has 0 spiro atoms. The molecule has 0 aliphatic rings. The summed E-state index contributed by atoms with van der Waals surface area (Å²) in [5, 5.41) is 0.428. The molecule has 0 fully saturated rings. The molecule has 0 saturated heterocycles. The highest BCUT2D eigenvalue weighted by Crippen LogP contribution is 2.28. The molecule has 2 aromatic rings. The van der Waals surface area contributed by atoms with Gasteiger partial charge in [0.05, 0.1) is 10.6 Å². The van der Waals surface area contributed by atoms with Crippen molar-refractivity contribution in [2.24, 2.45) is 0 Å². The van der Waals surface area contributed by atoms with Crippen LogP contribution in [0.5, 0.6) is 0 Å². The van der Waals surface area contributed by atoms with E-state index >= 15 is 0 Å². The smallest absolute Gasteiger partial charge is 0.270 e. The van der Waals surface area contributed by atoms with Crippen LogP contribution in [0, 0.1) is 3.57 Å². The number of anilines is 1. The molecule has 2 rings (SSSR count). The Bertz CT molecular complexity index is 775. The van der Waals surface area contributed by atoms with Gasteiger partial charge in [0.1, 0.15) is 0 Å². The Morgan fingerprint density at radius 3 is 2.19 bits per heavy atom. The molecule has 2 aromatic carbocycles. The monoisotopic (exact) mass is 435 g/mol. The van der Waals surface area contributed by atoms with E-state index in [2.05, 4.69) is 0 Å². The van der Waals surface area contributed by atoms with Gasteiger partial charge in [-0.15, -0.1) is 0 Å². The fourth-order valence-corrected chi connectivity index (χ4v) is 4.16. The zero-order valence-corrected chi connectivity index (χ0v) is 14.7. The zero-order chi connectivity index (χ0) is 15.6. The average molecular weight is 436 g/mol. The van der Waals surface area contributed by atoms with Crippen LogP contribution in [0.2, 0.25) is 5.02 Å². The average Bonchev–Trinajstić information content (AvgIpc) is 2.41. The summed E-state index contributed by atoms with van der Waals surface area (Å²) < 4.78 is 26.9.